The minimum Gasteiger partial charge on any atom is -0.508 e. The van der Waals surface area contributed by atoms with E-state index in [0.717, 1.165) is 3.79 Å². The van der Waals surface area contributed by atoms with Crippen molar-refractivity contribution in [3.05, 3.63) is 45.1 Å². The molecule has 3 nitrogen and oxygen atoms in total. The molecular weight excluding hydrogens is 290 g/mol. The van der Waals surface area contributed by atoms with Crippen molar-refractivity contribution in [1.82, 2.24) is 0 Å². The van der Waals surface area contributed by atoms with Gasteiger partial charge in [0.2, 0.25) is 0 Å². The number of nitrogens with one attached hydrogen (secondary N) is 1. The van der Waals surface area contributed by atoms with Crippen molar-refractivity contribution in [1.29, 1.82) is 0 Å². The van der Waals surface area contributed by atoms with Crippen LogP contribution >= 0.6 is 27.3 Å². The Kier molecular flexibility index (Phi) is 3.26. The monoisotopic (exact) mass is 297 g/mol. The van der Waals surface area contributed by atoms with Crippen molar-refractivity contribution >= 4 is 38.9 Å². The second-order valence-electron chi connectivity index (χ2n) is 3.14. The van der Waals surface area contributed by atoms with E-state index in [-0.39, 0.29) is 11.7 Å². The van der Waals surface area contributed by atoms with Crippen molar-refractivity contribution in [2.24, 2.45) is 0 Å². The van der Waals surface area contributed by atoms with E-state index in [1.807, 2.05) is 0 Å². The molecule has 0 atom stereocenters. The van der Waals surface area contributed by atoms with Gasteiger partial charge in [-0.15, -0.1) is 11.3 Å². The highest BCUT2D eigenvalue weighted by molar-refractivity contribution is 9.11. The zero-order valence-corrected chi connectivity index (χ0v) is 10.5. The van der Waals surface area contributed by atoms with Gasteiger partial charge in [0.05, 0.1) is 9.35 Å². The third-order valence-corrected chi connectivity index (χ3v) is 3.44. The Morgan fingerprint density at radius 3 is 2.81 bits per heavy atom. The maximum absolute atomic E-state index is 11.7. The molecule has 2 aromatic rings. The number of aromatic hydroxyl groups is 1. The van der Waals surface area contributed by atoms with Crippen molar-refractivity contribution in [3.8, 4) is 5.75 Å². The van der Waals surface area contributed by atoms with Crippen molar-refractivity contribution < 1.29 is 9.90 Å². The number of rotatable bonds is 2. The highest BCUT2D eigenvalue weighted by Gasteiger charge is 2.08. The van der Waals surface area contributed by atoms with Gasteiger partial charge in [0, 0.05) is 17.1 Å². The van der Waals surface area contributed by atoms with Crippen LogP contribution in [0.5, 0.6) is 5.75 Å². The smallest absolute Gasteiger partial charge is 0.256 e. The van der Waals surface area contributed by atoms with Crippen molar-refractivity contribution in [2.75, 3.05) is 5.32 Å². The van der Waals surface area contributed by atoms with Gasteiger partial charge in [-0.05, 0) is 34.1 Å². The molecule has 16 heavy (non-hydrogen) atoms. The van der Waals surface area contributed by atoms with Gasteiger partial charge in [0.25, 0.3) is 5.91 Å². The summed E-state index contributed by atoms with van der Waals surface area (Å²) in [5.41, 5.74) is 1.17. The van der Waals surface area contributed by atoms with Crippen LogP contribution in [0.3, 0.4) is 0 Å². The zero-order chi connectivity index (χ0) is 11.5. The Balaban J connectivity index is 2.13. The van der Waals surface area contributed by atoms with E-state index in [1.54, 1.807) is 29.6 Å². The average Bonchev–Trinajstić information content (AvgIpc) is 2.65. The molecule has 0 saturated heterocycles. The molecule has 1 aromatic heterocycles. The fourth-order valence-electron chi connectivity index (χ4n) is 1.22. The van der Waals surface area contributed by atoms with Gasteiger partial charge in [-0.3, -0.25) is 4.79 Å². The van der Waals surface area contributed by atoms with Crippen LogP contribution in [0.2, 0.25) is 0 Å². The van der Waals surface area contributed by atoms with Gasteiger partial charge in [-0.1, -0.05) is 6.07 Å². The second kappa shape index (κ2) is 4.67. The molecule has 0 bridgehead atoms. The van der Waals surface area contributed by atoms with E-state index in [2.05, 4.69) is 21.2 Å². The molecule has 0 aliphatic rings. The van der Waals surface area contributed by atoms with Crippen LogP contribution in [-0.4, -0.2) is 11.0 Å². The van der Waals surface area contributed by atoms with E-state index in [4.69, 9.17) is 0 Å². The average molecular weight is 298 g/mol. The number of phenolic OH excluding ortho intramolecular Hbond substituents is 1. The van der Waals surface area contributed by atoms with Gasteiger partial charge >= 0.3 is 0 Å². The maximum atomic E-state index is 11.7. The summed E-state index contributed by atoms with van der Waals surface area (Å²) in [6, 6.07) is 8.20. The molecule has 1 amide bonds. The third-order valence-electron chi connectivity index (χ3n) is 1.93. The topological polar surface area (TPSA) is 49.3 Å². The number of carbonyl (C=O) groups is 1. The van der Waals surface area contributed by atoms with Gasteiger partial charge in [0.15, 0.2) is 0 Å². The quantitative estimate of drug-likeness (QED) is 0.892. The van der Waals surface area contributed by atoms with Crippen LogP contribution < -0.4 is 5.32 Å². The standard InChI is InChI=1S/C11H8BrNO2S/c12-10-4-7(6-16-10)11(15)13-8-2-1-3-9(14)5-8/h1-6,14H,(H,13,15). The normalized spacial score (nSPS) is 10.1. The summed E-state index contributed by atoms with van der Waals surface area (Å²) >= 11 is 4.75. The molecule has 2 rings (SSSR count). The highest BCUT2D eigenvalue weighted by Crippen LogP contribution is 2.22. The first-order chi connectivity index (χ1) is 7.65. The van der Waals surface area contributed by atoms with E-state index < -0.39 is 0 Å². The minimum atomic E-state index is -0.187. The summed E-state index contributed by atoms with van der Waals surface area (Å²) in [7, 11) is 0. The van der Waals surface area contributed by atoms with E-state index in [1.165, 1.54) is 17.4 Å². The molecule has 0 unspecified atom stereocenters. The van der Waals surface area contributed by atoms with E-state index in [0.29, 0.717) is 11.3 Å². The van der Waals surface area contributed by atoms with Crippen LogP contribution in [0, 0.1) is 0 Å². The molecule has 2 N–H and O–H groups in total. The summed E-state index contributed by atoms with van der Waals surface area (Å²) < 4.78 is 0.911. The van der Waals surface area contributed by atoms with Gasteiger partial charge < -0.3 is 10.4 Å². The Morgan fingerprint density at radius 1 is 1.38 bits per heavy atom. The summed E-state index contributed by atoms with van der Waals surface area (Å²) in [5, 5.41) is 13.7. The number of benzene rings is 1. The summed E-state index contributed by atoms with van der Waals surface area (Å²) in [4.78, 5) is 11.7. The molecule has 82 valence electrons. The molecular formula is C11H8BrNO2S. The number of carbonyl (C=O) groups excluding carboxylic acids is 1. The molecule has 0 aliphatic carbocycles. The molecule has 0 spiro atoms. The predicted octanol–water partition coefficient (Wildman–Crippen LogP) is 3.47. The van der Waals surface area contributed by atoms with Crippen LogP contribution in [0.4, 0.5) is 5.69 Å². The van der Waals surface area contributed by atoms with Crippen LogP contribution in [0.15, 0.2) is 39.5 Å². The third kappa shape index (κ3) is 2.62. The Morgan fingerprint density at radius 2 is 2.19 bits per heavy atom. The Hall–Kier alpha value is -1.33. The first-order valence-corrected chi connectivity index (χ1v) is 6.17. The largest absolute Gasteiger partial charge is 0.508 e. The zero-order valence-electron chi connectivity index (χ0n) is 8.11. The van der Waals surface area contributed by atoms with Crippen molar-refractivity contribution in [2.45, 2.75) is 0 Å². The predicted molar refractivity (Wildman–Crippen MR) is 68.1 cm³/mol. The molecule has 0 fully saturated rings. The van der Waals surface area contributed by atoms with Gasteiger partial charge in [0.1, 0.15) is 5.75 Å². The second-order valence-corrected chi connectivity index (χ2v) is 5.43. The lowest BCUT2D eigenvalue weighted by Crippen LogP contribution is -2.10. The van der Waals surface area contributed by atoms with Crippen LogP contribution in [0.1, 0.15) is 10.4 Å². The number of anilines is 1. The lowest BCUT2D eigenvalue weighted by atomic mass is 10.2. The molecule has 1 heterocycles. The lowest BCUT2D eigenvalue weighted by Gasteiger charge is -2.03. The van der Waals surface area contributed by atoms with Gasteiger partial charge in [-0.2, -0.15) is 0 Å². The number of hydrogen-bond acceptors (Lipinski definition) is 3. The summed E-state index contributed by atoms with van der Waals surface area (Å²) in [5.74, 6) is -0.0585. The summed E-state index contributed by atoms with van der Waals surface area (Å²) in [6.45, 7) is 0. The lowest BCUT2D eigenvalue weighted by molar-refractivity contribution is 0.102. The van der Waals surface area contributed by atoms with Crippen molar-refractivity contribution in [3.63, 3.8) is 0 Å². The molecule has 0 saturated carbocycles. The number of phenols is 1. The highest BCUT2D eigenvalue weighted by atomic mass is 79.9. The van der Waals surface area contributed by atoms with Gasteiger partial charge in [-0.25, -0.2) is 0 Å². The Labute approximate surface area is 105 Å². The molecule has 0 aliphatic heterocycles. The summed E-state index contributed by atoms with van der Waals surface area (Å²) in [6.07, 6.45) is 0. The number of halogens is 1. The fourth-order valence-corrected chi connectivity index (χ4v) is 2.35. The first kappa shape index (κ1) is 11.2. The molecule has 0 radical (unpaired) electrons. The van der Waals surface area contributed by atoms with Crippen LogP contribution in [0.25, 0.3) is 0 Å². The maximum Gasteiger partial charge on any atom is 0.256 e. The SMILES string of the molecule is O=C(Nc1cccc(O)c1)c1csc(Br)c1. The van der Waals surface area contributed by atoms with Crippen LogP contribution in [-0.2, 0) is 0 Å². The van der Waals surface area contributed by atoms with E-state index in [9.17, 15) is 9.90 Å². The van der Waals surface area contributed by atoms with E-state index >= 15 is 0 Å². The number of amides is 1. The molecule has 1 aromatic carbocycles. The number of hydrogen-bond donors (Lipinski definition) is 2. The first-order valence-electron chi connectivity index (χ1n) is 4.49. The minimum absolute atomic E-state index is 0.129. The fraction of sp³-hybridized carbons (Fsp3) is 0. The molecule has 5 heteroatoms. The Bertz CT molecular complexity index is 524. The number of thiophene rings is 1.